The Morgan fingerprint density at radius 3 is 2.33 bits per heavy atom. The Balaban J connectivity index is 0.000000561. The Hall–Kier alpha value is -1.12. The Labute approximate surface area is 74.0 Å². The molecule has 0 aliphatic carbocycles. The van der Waals surface area contributed by atoms with Gasteiger partial charge in [0.15, 0.2) is 0 Å². The predicted octanol–water partition coefficient (Wildman–Crippen LogP) is 1.96. The molecule has 1 aromatic rings. The highest BCUT2D eigenvalue weighted by Crippen LogP contribution is 2.01. The van der Waals surface area contributed by atoms with E-state index in [1.54, 1.807) is 6.07 Å². The fourth-order valence-corrected chi connectivity index (χ4v) is 0.814. The third-order valence-corrected chi connectivity index (χ3v) is 1.24. The monoisotopic (exact) mass is 167 g/mol. The van der Waals surface area contributed by atoms with Gasteiger partial charge in [0.2, 0.25) is 0 Å². The number of hydrogen-bond donors (Lipinski definition) is 1. The van der Waals surface area contributed by atoms with Crippen LogP contribution in [0.1, 0.15) is 32.3 Å². The van der Waals surface area contributed by atoms with E-state index in [1.807, 2.05) is 27.7 Å². The molecule has 1 rings (SSSR count). The van der Waals surface area contributed by atoms with Crippen LogP contribution in [0.5, 0.6) is 0 Å². The van der Waals surface area contributed by atoms with Crippen molar-refractivity contribution in [1.29, 1.82) is 0 Å². The van der Waals surface area contributed by atoms with Crippen LogP contribution in [0.25, 0.3) is 0 Å². The zero-order valence-corrected chi connectivity index (χ0v) is 8.26. The van der Waals surface area contributed by atoms with Crippen LogP contribution in [-0.4, -0.2) is 9.97 Å². The van der Waals surface area contributed by atoms with Crippen LogP contribution in [0.4, 0.5) is 5.82 Å². The molecular weight excluding hydrogens is 150 g/mol. The summed E-state index contributed by atoms with van der Waals surface area (Å²) in [6, 6.07) is 1.76. The van der Waals surface area contributed by atoms with E-state index < -0.39 is 0 Å². The lowest BCUT2D eigenvalue weighted by Gasteiger charge is -1.98. The fraction of sp³-hybridized carbons (Fsp3) is 0.556. The van der Waals surface area contributed by atoms with Crippen LogP contribution in [0.15, 0.2) is 6.07 Å². The molecule has 68 valence electrons. The Morgan fingerprint density at radius 2 is 1.92 bits per heavy atom. The average Bonchev–Trinajstić information content (AvgIpc) is 2.06. The smallest absolute Gasteiger partial charge is 0.130 e. The van der Waals surface area contributed by atoms with Crippen molar-refractivity contribution in [1.82, 2.24) is 9.97 Å². The molecule has 0 aliphatic rings. The molecule has 12 heavy (non-hydrogen) atoms. The van der Waals surface area contributed by atoms with Gasteiger partial charge in [0.1, 0.15) is 11.6 Å². The Kier molecular flexibility index (Phi) is 5.00. The summed E-state index contributed by atoms with van der Waals surface area (Å²) in [6.07, 6.45) is 0.839. The first kappa shape index (κ1) is 10.9. The van der Waals surface area contributed by atoms with Crippen LogP contribution in [-0.2, 0) is 6.42 Å². The largest absolute Gasteiger partial charge is 0.384 e. The van der Waals surface area contributed by atoms with Gasteiger partial charge >= 0.3 is 0 Å². The van der Waals surface area contributed by atoms with Crippen molar-refractivity contribution < 1.29 is 0 Å². The number of nitrogens with two attached hydrogens (primary N) is 1. The molecule has 1 aromatic heterocycles. The number of anilines is 1. The van der Waals surface area contributed by atoms with Gasteiger partial charge in [0.05, 0.1) is 0 Å². The van der Waals surface area contributed by atoms with Crippen LogP contribution < -0.4 is 5.73 Å². The minimum atomic E-state index is 0.560. The number of hydrogen-bond acceptors (Lipinski definition) is 3. The highest BCUT2D eigenvalue weighted by atomic mass is 14.9. The molecule has 0 bridgehead atoms. The molecule has 0 radical (unpaired) electrons. The molecule has 0 aromatic carbocycles. The molecule has 0 amide bonds. The Bertz CT molecular complexity index is 213. The van der Waals surface area contributed by atoms with Gasteiger partial charge in [-0.25, -0.2) is 9.97 Å². The van der Waals surface area contributed by atoms with Crippen molar-refractivity contribution in [2.75, 3.05) is 5.73 Å². The van der Waals surface area contributed by atoms with E-state index in [0.717, 1.165) is 17.9 Å². The first-order chi connectivity index (χ1) is 5.72. The maximum Gasteiger partial charge on any atom is 0.130 e. The van der Waals surface area contributed by atoms with Crippen molar-refractivity contribution in [3.05, 3.63) is 17.6 Å². The lowest BCUT2D eigenvalue weighted by atomic mass is 10.4. The highest BCUT2D eigenvalue weighted by molar-refractivity contribution is 5.29. The van der Waals surface area contributed by atoms with Gasteiger partial charge in [-0.3, -0.25) is 0 Å². The van der Waals surface area contributed by atoms with E-state index in [4.69, 9.17) is 5.73 Å². The molecule has 0 aliphatic heterocycles. The second-order valence-electron chi connectivity index (χ2n) is 2.20. The first-order valence-corrected chi connectivity index (χ1v) is 4.32. The van der Waals surface area contributed by atoms with Crippen molar-refractivity contribution in [3.63, 3.8) is 0 Å². The number of aryl methyl sites for hydroxylation is 2. The van der Waals surface area contributed by atoms with E-state index in [-0.39, 0.29) is 0 Å². The van der Waals surface area contributed by atoms with E-state index in [1.165, 1.54) is 0 Å². The summed E-state index contributed by atoms with van der Waals surface area (Å²) in [5, 5.41) is 0. The summed E-state index contributed by atoms with van der Waals surface area (Å²) in [4.78, 5) is 8.18. The summed E-state index contributed by atoms with van der Waals surface area (Å²) < 4.78 is 0. The lowest BCUT2D eigenvalue weighted by Crippen LogP contribution is -1.99. The van der Waals surface area contributed by atoms with Crippen molar-refractivity contribution in [2.45, 2.75) is 34.1 Å². The molecule has 0 saturated carbocycles. The van der Waals surface area contributed by atoms with Gasteiger partial charge < -0.3 is 5.73 Å². The van der Waals surface area contributed by atoms with E-state index in [2.05, 4.69) is 9.97 Å². The molecule has 0 fully saturated rings. The van der Waals surface area contributed by atoms with Crippen LogP contribution in [0.2, 0.25) is 0 Å². The predicted molar refractivity (Wildman–Crippen MR) is 51.9 cm³/mol. The minimum Gasteiger partial charge on any atom is -0.384 e. The van der Waals surface area contributed by atoms with Gasteiger partial charge in [-0.2, -0.15) is 0 Å². The normalized spacial score (nSPS) is 8.67. The van der Waals surface area contributed by atoms with E-state index >= 15 is 0 Å². The van der Waals surface area contributed by atoms with Crippen LogP contribution in [0, 0.1) is 6.92 Å². The Morgan fingerprint density at radius 1 is 1.33 bits per heavy atom. The van der Waals surface area contributed by atoms with E-state index in [9.17, 15) is 0 Å². The molecular formula is C9H17N3. The van der Waals surface area contributed by atoms with Crippen molar-refractivity contribution in [3.8, 4) is 0 Å². The van der Waals surface area contributed by atoms with Gasteiger partial charge in [0.25, 0.3) is 0 Å². The van der Waals surface area contributed by atoms with Crippen molar-refractivity contribution in [2.24, 2.45) is 0 Å². The van der Waals surface area contributed by atoms with Gasteiger partial charge in [-0.15, -0.1) is 0 Å². The van der Waals surface area contributed by atoms with Crippen LogP contribution >= 0.6 is 0 Å². The molecule has 3 nitrogen and oxygen atoms in total. The number of nitrogen functional groups attached to an aromatic ring is 1. The van der Waals surface area contributed by atoms with Crippen molar-refractivity contribution >= 4 is 5.82 Å². The zero-order valence-electron chi connectivity index (χ0n) is 8.26. The summed E-state index contributed by atoms with van der Waals surface area (Å²) in [6.45, 7) is 7.92. The maximum absolute atomic E-state index is 5.48. The molecule has 0 saturated heterocycles. The van der Waals surface area contributed by atoms with Gasteiger partial charge in [-0.05, 0) is 6.92 Å². The molecule has 3 heteroatoms. The average molecular weight is 167 g/mol. The van der Waals surface area contributed by atoms with Crippen LogP contribution in [0.3, 0.4) is 0 Å². The number of nitrogens with zero attached hydrogens (tertiary/aromatic N) is 2. The minimum absolute atomic E-state index is 0.560. The summed E-state index contributed by atoms with van der Waals surface area (Å²) in [5.41, 5.74) is 6.42. The lowest BCUT2D eigenvalue weighted by molar-refractivity contribution is 0.923. The van der Waals surface area contributed by atoms with E-state index in [0.29, 0.717) is 5.82 Å². The highest BCUT2D eigenvalue weighted by Gasteiger charge is 1.94. The van der Waals surface area contributed by atoms with Gasteiger partial charge in [0, 0.05) is 18.2 Å². The fourth-order valence-electron chi connectivity index (χ4n) is 0.814. The molecule has 1 heterocycles. The second-order valence-corrected chi connectivity index (χ2v) is 2.20. The summed E-state index contributed by atoms with van der Waals surface area (Å²) in [5.74, 6) is 1.38. The SMILES string of the molecule is CC.CCc1nc(C)cc(N)n1. The summed E-state index contributed by atoms with van der Waals surface area (Å²) in [7, 11) is 0. The topological polar surface area (TPSA) is 51.8 Å². The zero-order chi connectivity index (χ0) is 9.56. The number of aromatic nitrogens is 2. The second kappa shape index (κ2) is 5.52. The molecule has 0 atom stereocenters. The maximum atomic E-state index is 5.48. The standard InChI is InChI=1S/C7H11N3.C2H6/c1-3-7-9-5(2)4-6(8)10-7;1-2/h4H,3H2,1-2H3,(H2,8,9,10);1-2H3. The third kappa shape index (κ3) is 3.32. The molecule has 0 spiro atoms. The van der Waals surface area contributed by atoms with Gasteiger partial charge in [-0.1, -0.05) is 20.8 Å². The first-order valence-electron chi connectivity index (χ1n) is 4.32. The quantitative estimate of drug-likeness (QED) is 0.695. The third-order valence-electron chi connectivity index (χ3n) is 1.24. The molecule has 0 unspecified atom stereocenters. The number of rotatable bonds is 1. The molecule has 2 N–H and O–H groups in total. The summed E-state index contributed by atoms with van der Waals surface area (Å²) >= 11 is 0.